The fourth-order valence-electron chi connectivity index (χ4n) is 2.52. The Morgan fingerprint density at radius 2 is 1.77 bits per heavy atom. The van der Waals surface area contributed by atoms with E-state index in [0.29, 0.717) is 11.3 Å². The molecule has 0 bridgehead atoms. The van der Waals surface area contributed by atoms with Crippen molar-refractivity contribution in [1.82, 2.24) is 0 Å². The van der Waals surface area contributed by atoms with Gasteiger partial charge < -0.3 is 9.84 Å². The zero-order valence-corrected chi connectivity index (χ0v) is 15.0. The Morgan fingerprint density at radius 3 is 2.31 bits per heavy atom. The number of nitrogens with zero attached hydrogens (tertiary/aromatic N) is 1. The second-order valence-corrected chi connectivity index (χ2v) is 5.53. The molecule has 0 amide bonds. The van der Waals surface area contributed by atoms with Gasteiger partial charge in [0.05, 0.1) is 4.92 Å². The first-order chi connectivity index (χ1) is 12.1. The first-order valence-corrected chi connectivity index (χ1v) is 7.68. The number of hydrogen-bond donors (Lipinski definition) is 0. The van der Waals surface area contributed by atoms with E-state index < -0.39 is 4.92 Å². The Bertz CT molecular complexity index is 890. The molecule has 5 nitrogen and oxygen atoms in total. The summed E-state index contributed by atoms with van der Waals surface area (Å²) in [6, 6.07) is 13.0. The molecule has 26 heavy (non-hydrogen) atoms. The number of hydrogen-bond acceptors (Lipinski definition) is 4. The van der Waals surface area contributed by atoms with Gasteiger partial charge in [0.2, 0.25) is 5.75 Å². The van der Waals surface area contributed by atoms with Crippen LogP contribution in [0.2, 0.25) is 0 Å². The third kappa shape index (κ3) is 4.17. The Labute approximate surface area is 161 Å². The number of aryl methyl sites for hydroxylation is 1. The van der Waals surface area contributed by atoms with Crippen LogP contribution in [0.1, 0.15) is 11.1 Å². The summed E-state index contributed by atoms with van der Waals surface area (Å²) in [5, 5.41) is 23.3. The smallest absolute Gasteiger partial charge is 0.872 e. The van der Waals surface area contributed by atoms with E-state index in [1.807, 2.05) is 42.5 Å². The quantitative estimate of drug-likeness (QED) is 0.322. The number of nitro groups is 1. The maximum absolute atomic E-state index is 12.1. The van der Waals surface area contributed by atoms with Crippen LogP contribution in [0.25, 0.3) is 5.76 Å². The molecule has 0 unspecified atom stereocenters. The maximum Gasteiger partial charge on any atom is 2.00 e. The summed E-state index contributed by atoms with van der Waals surface area (Å²) < 4.78 is 5.59. The minimum Gasteiger partial charge on any atom is -0.872 e. The van der Waals surface area contributed by atoms with E-state index in [1.165, 1.54) is 12.1 Å². The fourth-order valence-corrected chi connectivity index (χ4v) is 2.52. The molecule has 2 aliphatic rings. The average molecular weight is 389 g/mol. The summed E-state index contributed by atoms with van der Waals surface area (Å²) in [5.74, 6) is 0.0676. The molecule has 0 atom stereocenters. The summed E-state index contributed by atoms with van der Waals surface area (Å²) in [6.45, 7) is 1.71. The molecule has 1 aliphatic carbocycles. The van der Waals surface area contributed by atoms with Gasteiger partial charge in [-0.25, -0.2) is 12.1 Å². The van der Waals surface area contributed by atoms with Crippen molar-refractivity contribution >= 4 is 11.4 Å². The zero-order valence-electron chi connectivity index (χ0n) is 13.9. The summed E-state index contributed by atoms with van der Waals surface area (Å²) in [5.41, 5.74) is 1.41. The summed E-state index contributed by atoms with van der Waals surface area (Å²) in [4.78, 5) is 10.6. The van der Waals surface area contributed by atoms with Crippen molar-refractivity contribution in [2.75, 3.05) is 0 Å². The minimum atomic E-state index is -0.535. The predicted molar refractivity (Wildman–Crippen MR) is 93.8 cm³/mol. The van der Waals surface area contributed by atoms with E-state index >= 15 is 0 Å². The Kier molecular flexibility index (Phi) is 6.28. The molecule has 0 spiro atoms. The van der Waals surface area contributed by atoms with E-state index in [1.54, 1.807) is 25.1 Å². The Balaban J connectivity index is 0.000000351. The second kappa shape index (κ2) is 8.43. The van der Waals surface area contributed by atoms with E-state index in [-0.39, 0.29) is 39.8 Å². The number of fused-ring (bicyclic) bond motifs is 1. The minimum absolute atomic E-state index is 0. The first-order valence-electron chi connectivity index (χ1n) is 7.68. The van der Waals surface area contributed by atoms with Crippen molar-refractivity contribution in [2.45, 2.75) is 6.92 Å². The first kappa shape index (κ1) is 19.4. The van der Waals surface area contributed by atoms with E-state index in [2.05, 4.69) is 0 Å². The van der Waals surface area contributed by atoms with Gasteiger partial charge in [-0.1, -0.05) is 30.1 Å². The van der Waals surface area contributed by atoms with Crippen LogP contribution in [0.15, 0.2) is 84.2 Å². The molecule has 0 saturated carbocycles. The van der Waals surface area contributed by atoms with Crippen LogP contribution < -0.4 is 9.84 Å². The topological polar surface area (TPSA) is 75.4 Å². The van der Waals surface area contributed by atoms with E-state index in [4.69, 9.17) is 4.74 Å². The van der Waals surface area contributed by atoms with Crippen molar-refractivity contribution in [3.05, 3.63) is 105 Å². The van der Waals surface area contributed by atoms with Gasteiger partial charge >= 0.3 is 22.8 Å². The number of allylic oxidation sites excluding steroid dienone is 6. The largest absolute Gasteiger partial charge is 2.00 e. The summed E-state index contributed by atoms with van der Waals surface area (Å²) in [6.07, 6.45) is 8.54. The molecule has 1 heterocycles. The normalized spacial score (nSPS) is 13.8. The molecule has 2 aromatic carbocycles. The third-order valence-corrected chi connectivity index (χ3v) is 3.65. The molecule has 0 aromatic heterocycles. The molecule has 2 aromatic rings. The van der Waals surface area contributed by atoms with E-state index in [9.17, 15) is 15.2 Å². The summed E-state index contributed by atoms with van der Waals surface area (Å²) in [7, 11) is 0. The van der Waals surface area contributed by atoms with Gasteiger partial charge in [0.15, 0.2) is 0 Å². The molecule has 0 N–H and O–H groups in total. The van der Waals surface area contributed by atoms with Gasteiger partial charge in [0.1, 0.15) is 5.76 Å². The summed E-state index contributed by atoms with van der Waals surface area (Å²) >= 11 is 0. The van der Waals surface area contributed by atoms with Crippen LogP contribution in [0.3, 0.4) is 0 Å². The molecule has 6 heteroatoms. The van der Waals surface area contributed by atoms with Crippen molar-refractivity contribution in [3.63, 3.8) is 0 Å². The zero-order chi connectivity index (χ0) is 17.8. The van der Waals surface area contributed by atoms with Gasteiger partial charge in [-0.15, -0.1) is 0 Å². The van der Waals surface area contributed by atoms with Crippen LogP contribution >= 0.6 is 0 Å². The Morgan fingerprint density at radius 1 is 1.12 bits per heavy atom. The molecule has 4 rings (SSSR count). The Hall–Kier alpha value is -2.95. The van der Waals surface area contributed by atoms with Crippen LogP contribution in [0.4, 0.5) is 5.69 Å². The van der Waals surface area contributed by atoms with Gasteiger partial charge in [-0.3, -0.25) is 10.1 Å². The number of nitro benzene ring substituents is 1. The number of ether oxygens (including phenoxy) is 1. The molecular formula is C20H15FeNO4. The molecule has 0 fully saturated rings. The van der Waals surface area contributed by atoms with Gasteiger partial charge in [-0.2, -0.15) is 18.2 Å². The van der Waals surface area contributed by atoms with Crippen LogP contribution in [0.5, 0.6) is 5.75 Å². The van der Waals surface area contributed by atoms with Crippen LogP contribution in [0, 0.1) is 17.0 Å². The maximum atomic E-state index is 12.1. The number of benzene rings is 1. The molecule has 132 valence electrons. The van der Waals surface area contributed by atoms with E-state index in [0.717, 1.165) is 5.57 Å². The van der Waals surface area contributed by atoms with Gasteiger partial charge in [-0.05, 0) is 24.6 Å². The SMILES string of the molecule is Cc1cc2c(c([N+](=O)[O-])c1)OC(=C1C=CC=C1)C=C2[O-].[Fe+2].c1cc[cH-]c1. The molecule has 0 saturated heterocycles. The van der Waals surface area contributed by atoms with Crippen molar-refractivity contribution in [3.8, 4) is 5.75 Å². The standard InChI is InChI=1S/C15H11NO4.C5H5.Fe/c1-9-6-11-13(17)8-14(10-4-2-3-5-10)20-15(11)12(7-9)16(18)19;1-2-4-5-3-1;/h2-8,17H,1H3;1-5H;/q;-1;+2/p-1. The third-order valence-electron chi connectivity index (χ3n) is 3.65. The number of rotatable bonds is 1. The molecule has 1 aliphatic heterocycles. The van der Waals surface area contributed by atoms with Gasteiger partial charge in [0.25, 0.3) is 0 Å². The fraction of sp³-hybridized carbons (Fsp3) is 0.0500. The molecule has 0 radical (unpaired) electrons. The van der Waals surface area contributed by atoms with Crippen molar-refractivity contribution in [2.24, 2.45) is 0 Å². The molecular weight excluding hydrogens is 374 g/mol. The second-order valence-electron chi connectivity index (χ2n) is 5.53. The van der Waals surface area contributed by atoms with Crippen molar-refractivity contribution in [1.29, 1.82) is 0 Å². The van der Waals surface area contributed by atoms with Crippen LogP contribution in [-0.4, -0.2) is 4.92 Å². The van der Waals surface area contributed by atoms with Crippen LogP contribution in [-0.2, 0) is 17.1 Å². The average Bonchev–Trinajstić information content (AvgIpc) is 3.30. The van der Waals surface area contributed by atoms with Gasteiger partial charge in [0, 0.05) is 17.2 Å². The van der Waals surface area contributed by atoms with Crippen molar-refractivity contribution < 1.29 is 31.8 Å². The monoisotopic (exact) mass is 389 g/mol. The predicted octanol–water partition coefficient (Wildman–Crippen LogP) is 3.78.